The summed E-state index contributed by atoms with van der Waals surface area (Å²) in [4.78, 5) is 10.9. The van der Waals surface area contributed by atoms with E-state index in [1.807, 2.05) is 25.2 Å². The molecule has 0 bridgehead atoms. The van der Waals surface area contributed by atoms with Gasteiger partial charge in [0.2, 0.25) is 5.88 Å². The Morgan fingerprint density at radius 1 is 1.48 bits per heavy atom. The monoisotopic (exact) mass is 288 g/mol. The van der Waals surface area contributed by atoms with E-state index in [2.05, 4.69) is 34.0 Å². The highest BCUT2D eigenvalue weighted by Gasteiger charge is 2.46. The molecule has 0 radical (unpaired) electrons. The zero-order valence-corrected chi connectivity index (χ0v) is 13.0. The molecule has 2 fully saturated rings. The van der Waals surface area contributed by atoms with Crippen molar-refractivity contribution in [3.05, 3.63) is 24.4 Å². The third-order valence-electron chi connectivity index (χ3n) is 4.40. The summed E-state index contributed by atoms with van der Waals surface area (Å²) < 4.78 is 5.93. The highest BCUT2D eigenvalue weighted by atomic mass is 16.5. The van der Waals surface area contributed by atoms with E-state index < -0.39 is 0 Å². The van der Waals surface area contributed by atoms with Crippen molar-refractivity contribution in [2.45, 2.75) is 38.8 Å². The number of nitrogens with one attached hydrogen (secondary N) is 1. The highest BCUT2D eigenvalue weighted by Crippen LogP contribution is 2.44. The van der Waals surface area contributed by atoms with Gasteiger partial charge >= 0.3 is 0 Å². The minimum atomic E-state index is 0.186. The number of rotatable bonds is 3. The van der Waals surface area contributed by atoms with Gasteiger partial charge in [-0.3, -0.25) is 4.99 Å². The molecule has 1 aromatic rings. The fraction of sp³-hybridized carbons (Fsp3) is 0.625. The van der Waals surface area contributed by atoms with Crippen LogP contribution in [0.3, 0.4) is 0 Å². The van der Waals surface area contributed by atoms with Gasteiger partial charge in [0.1, 0.15) is 6.10 Å². The molecule has 1 saturated heterocycles. The predicted octanol–water partition coefficient (Wildman–Crippen LogP) is 1.91. The van der Waals surface area contributed by atoms with E-state index in [1.54, 1.807) is 6.20 Å². The van der Waals surface area contributed by atoms with E-state index in [1.165, 1.54) is 6.42 Å². The van der Waals surface area contributed by atoms with Gasteiger partial charge in [-0.1, -0.05) is 19.9 Å². The lowest BCUT2D eigenvalue weighted by atomic mass is 10.2. The fourth-order valence-electron chi connectivity index (χ4n) is 2.77. The molecule has 0 spiro atoms. The largest absolute Gasteiger partial charge is 0.472 e. The summed E-state index contributed by atoms with van der Waals surface area (Å²) in [6, 6.07) is 6.30. The van der Waals surface area contributed by atoms with Crippen LogP contribution in [-0.2, 0) is 0 Å². The van der Waals surface area contributed by atoms with Crippen molar-refractivity contribution in [1.29, 1.82) is 0 Å². The lowest BCUT2D eigenvalue weighted by molar-refractivity contribution is 0.205. The van der Waals surface area contributed by atoms with E-state index >= 15 is 0 Å². The number of hydrogen-bond acceptors (Lipinski definition) is 3. The van der Waals surface area contributed by atoms with E-state index in [0.29, 0.717) is 17.3 Å². The second-order valence-corrected chi connectivity index (χ2v) is 6.58. The number of guanidine groups is 1. The van der Waals surface area contributed by atoms with Gasteiger partial charge < -0.3 is 15.0 Å². The summed E-state index contributed by atoms with van der Waals surface area (Å²) >= 11 is 0. The van der Waals surface area contributed by atoms with Gasteiger partial charge in [-0.25, -0.2) is 4.98 Å². The molecule has 1 aliphatic carbocycles. The zero-order valence-electron chi connectivity index (χ0n) is 13.0. The number of aromatic nitrogens is 1. The molecular weight excluding hydrogens is 264 g/mol. The van der Waals surface area contributed by atoms with Gasteiger partial charge in [-0.15, -0.1) is 0 Å². The van der Waals surface area contributed by atoms with Gasteiger partial charge in [0.25, 0.3) is 0 Å². The smallest absolute Gasteiger partial charge is 0.213 e. The highest BCUT2D eigenvalue weighted by molar-refractivity contribution is 5.81. The van der Waals surface area contributed by atoms with Crippen molar-refractivity contribution in [3.8, 4) is 5.88 Å². The van der Waals surface area contributed by atoms with Crippen LogP contribution in [-0.4, -0.2) is 48.1 Å². The molecule has 1 aliphatic heterocycles. The minimum Gasteiger partial charge on any atom is -0.472 e. The average Bonchev–Trinajstić information content (AvgIpc) is 2.86. The summed E-state index contributed by atoms with van der Waals surface area (Å²) in [5.41, 5.74) is 0.402. The number of nitrogens with zero attached hydrogens (tertiary/aromatic N) is 3. The summed E-state index contributed by atoms with van der Waals surface area (Å²) in [6.07, 6.45) is 4.17. The van der Waals surface area contributed by atoms with Gasteiger partial charge in [0.05, 0.1) is 6.54 Å². The summed E-state index contributed by atoms with van der Waals surface area (Å²) in [5, 5.41) is 3.56. The predicted molar refractivity (Wildman–Crippen MR) is 83.5 cm³/mol. The third-order valence-corrected chi connectivity index (χ3v) is 4.40. The maximum atomic E-state index is 5.93. The Morgan fingerprint density at radius 2 is 2.29 bits per heavy atom. The third kappa shape index (κ3) is 3.28. The van der Waals surface area contributed by atoms with E-state index in [-0.39, 0.29) is 6.10 Å². The van der Waals surface area contributed by atoms with Crippen LogP contribution in [0.2, 0.25) is 0 Å². The van der Waals surface area contributed by atoms with Crippen LogP contribution in [0.25, 0.3) is 0 Å². The lowest BCUT2D eigenvalue weighted by Crippen LogP contribution is -2.42. The Bertz CT molecular complexity index is 514. The molecule has 1 N–H and O–H groups in total. The number of likely N-dealkylation sites (tertiary alicyclic amines) is 1. The Morgan fingerprint density at radius 3 is 2.90 bits per heavy atom. The molecule has 21 heavy (non-hydrogen) atoms. The van der Waals surface area contributed by atoms with Crippen LogP contribution >= 0.6 is 0 Å². The molecule has 3 rings (SSSR count). The second-order valence-electron chi connectivity index (χ2n) is 6.58. The Hall–Kier alpha value is -1.78. The molecule has 114 valence electrons. The molecule has 0 aromatic carbocycles. The maximum Gasteiger partial charge on any atom is 0.213 e. The summed E-state index contributed by atoms with van der Waals surface area (Å²) in [7, 11) is 1.85. The number of aliphatic imine (C=N–C) groups is 1. The molecule has 2 unspecified atom stereocenters. The van der Waals surface area contributed by atoms with Crippen LogP contribution in [0, 0.1) is 5.41 Å². The van der Waals surface area contributed by atoms with Crippen LogP contribution in [0.5, 0.6) is 5.88 Å². The molecule has 2 aliphatic rings. The van der Waals surface area contributed by atoms with Gasteiger partial charge in [-0.05, 0) is 17.9 Å². The SMILES string of the molecule is CN=C(NC1CC1(C)C)N1CCC(Oc2ccccn2)C1. The zero-order chi connectivity index (χ0) is 14.9. The van der Waals surface area contributed by atoms with Crippen molar-refractivity contribution < 1.29 is 4.74 Å². The second kappa shape index (κ2) is 5.54. The number of pyridine rings is 1. The van der Waals surface area contributed by atoms with Crippen LogP contribution < -0.4 is 10.1 Å². The van der Waals surface area contributed by atoms with Crippen molar-refractivity contribution in [3.63, 3.8) is 0 Å². The Kier molecular flexibility index (Phi) is 3.74. The van der Waals surface area contributed by atoms with Crippen molar-refractivity contribution in [1.82, 2.24) is 15.2 Å². The van der Waals surface area contributed by atoms with Gasteiger partial charge in [0, 0.05) is 38.3 Å². The topological polar surface area (TPSA) is 49.8 Å². The first-order chi connectivity index (χ1) is 10.1. The summed E-state index contributed by atoms with van der Waals surface area (Å²) in [5.74, 6) is 1.70. The van der Waals surface area contributed by atoms with Crippen molar-refractivity contribution in [2.24, 2.45) is 10.4 Å². The summed E-state index contributed by atoms with van der Waals surface area (Å²) in [6.45, 7) is 6.41. The molecule has 5 nitrogen and oxygen atoms in total. The molecule has 2 heterocycles. The van der Waals surface area contributed by atoms with E-state index in [4.69, 9.17) is 4.74 Å². The average molecular weight is 288 g/mol. The maximum absolute atomic E-state index is 5.93. The van der Waals surface area contributed by atoms with Crippen LogP contribution in [0.15, 0.2) is 29.4 Å². The first-order valence-corrected chi connectivity index (χ1v) is 7.64. The van der Waals surface area contributed by atoms with Gasteiger partial charge in [-0.2, -0.15) is 0 Å². The van der Waals surface area contributed by atoms with E-state index in [0.717, 1.165) is 25.5 Å². The molecule has 5 heteroatoms. The molecule has 2 atom stereocenters. The standard InChI is InChI=1S/C16H24N4O/c1-16(2)10-13(16)19-15(17-3)20-9-7-12(11-20)21-14-6-4-5-8-18-14/h4-6,8,12-13H,7,9-11H2,1-3H3,(H,17,19). The minimum absolute atomic E-state index is 0.186. The van der Waals surface area contributed by atoms with E-state index in [9.17, 15) is 0 Å². The molecule has 1 saturated carbocycles. The Labute approximate surface area is 126 Å². The van der Waals surface area contributed by atoms with Crippen molar-refractivity contribution >= 4 is 5.96 Å². The van der Waals surface area contributed by atoms with Crippen LogP contribution in [0.4, 0.5) is 0 Å². The first kappa shape index (κ1) is 14.2. The first-order valence-electron chi connectivity index (χ1n) is 7.64. The fourth-order valence-corrected chi connectivity index (χ4v) is 2.77. The Balaban J connectivity index is 1.53. The molecular formula is C16H24N4O. The number of ether oxygens (including phenoxy) is 1. The quantitative estimate of drug-likeness (QED) is 0.682. The number of hydrogen-bond donors (Lipinski definition) is 1. The van der Waals surface area contributed by atoms with Crippen LogP contribution in [0.1, 0.15) is 26.7 Å². The normalized spacial score (nSPS) is 27.6. The van der Waals surface area contributed by atoms with Gasteiger partial charge in [0.15, 0.2) is 5.96 Å². The van der Waals surface area contributed by atoms with Crippen molar-refractivity contribution in [2.75, 3.05) is 20.1 Å². The molecule has 0 amide bonds. The lowest BCUT2D eigenvalue weighted by Gasteiger charge is -2.22. The molecule has 1 aromatic heterocycles.